The predicted octanol–water partition coefficient (Wildman–Crippen LogP) is 3.56. The van der Waals surface area contributed by atoms with E-state index in [0.29, 0.717) is 6.54 Å². The Kier molecular flexibility index (Phi) is 4.55. The SMILES string of the molecule is CC(C)N(CCC(=O)O)c1nc(-c2cccs2)cs1. The van der Waals surface area contributed by atoms with Crippen LogP contribution >= 0.6 is 22.7 Å². The lowest BCUT2D eigenvalue weighted by Gasteiger charge is -2.25. The highest BCUT2D eigenvalue weighted by Gasteiger charge is 2.16. The molecular formula is C13H16N2O2S2. The normalized spacial score (nSPS) is 10.9. The van der Waals surface area contributed by atoms with Gasteiger partial charge in [0, 0.05) is 18.0 Å². The van der Waals surface area contributed by atoms with E-state index in [1.165, 1.54) is 0 Å². The maximum Gasteiger partial charge on any atom is 0.305 e. The van der Waals surface area contributed by atoms with Gasteiger partial charge in [-0.25, -0.2) is 4.98 Å². The molecule has 6 heteroatoms. The van der Waals surface area contributed by atoms with Crippen LogP contribution in [-0.4, -0.2) is 28.6 Å². The molecule has 19 heavy (non-hydrogen) atoms. The van der Waals surface area contributed by atoms with Crippen LogP contribution in [0.25, 0.3) is 10.6 Å². The van der Waals surface area contributed by atoms with Crippen LogP contribution < -0.4 is 4.90 Å². The van der Waals surface area contributed by atoms with Gasteiger partial charge in [0.2, 0.25) is 0 Å². The molecule has 0 radical (unpaired) electrons. The zero-order valence-corrected chi connectivity index (χ0v) is 12.5. The summed E-state index contributed by atoms with van der Waals surface area (Å²) in [5, 5.41) is 13.7. The maximum atomic E-state index is 10.7. The highest BCUT2D eigenvalue weighted by molar-refractivity contribution is 7.16. The second-order valence-electron chi connectivity index (χ2n) is 4.42. The van der Waals surface area contributed by atoms with Gasteiger partial charge in [0.25, 0.3) is 0 Å². The minimum atomic E-state index is -0.777. The Labute approximate surface area is 120 Å². The molecule has 0 aliphatic rings. The molecule has 0 saturated carbocycles. The molecule has 1 N–H and O–H groups in total. The number of hydrogen-bond donors (Lipinski definition) is 1. The zero-order chi connectivity index (χ0) is 13.8. The quantitative estimate of drug-likeness (QED) is 0.885. The number of carboxylic acid groups (broad SMARTS) is 1. The second kappa shape index (κ2) is 6.16. The van der Waals surface area contributed by atoms with E-state index in [1.54, 1.807) is 22.7 Å². The van der Waals surface area contributed by atoms with E-state index in [-0.39, 0.29) is 12.5 Å². The zero-order valence-electron chi connectivity index (χ0n) is 10.9. The summed E-state index contributed by atoms with van der Waals surface area (Å²) in [6.45, 7) is 4.59. The number of carbonyl (C=O) groups is 1. The summed E-state index contributed by atoms with van der Waals surface area (Å²) < 4.78 is 0. The molecular weight excluding hydrogens is 280 g/mol. The number of aromatic nitrogens is 1. The van der Waals surface area contributed by atoms with Crippen LogP contribution in [0.15, 0.2) is 22.9 Å². The van der Waals surface area contributed by atoms with Crippen LogP contribution in [0.2, 0.25) is 0 Å². The number of rotatable bonds is 6. The largest absolute Gasteiger partial charge is 0.481 e. The van der Waals surface area contributed by atoms with Gasteiger partial charge in [-0.15, -0.1) is 22.7 Å². The van der Waals surface area contributed by atoms with Crippen molar-refractivity contribution in [2.75, 3.05) is 11.4 Å². The van der Waals surface area contributed by atoms with Crippen molar-refractivity contribution < 1.29 is 9.90 Å². The summed E-state index contributed by atoms with van der Waals surface area (Å²) in [6, 6.07) is 4.28. The van der Waals surface area contributed by atoms with Crippen molar-refractivity contribution in [2.24, 2.45) is 0 Å². The topological polar surface area (TPSA) is 53.4 Å². The minimum absolute atomic E-state index is 0.131. The lowest BCUT2D eigenvalue weighted by Crippen LogP contribution is -2.32. The lowest BCUT2D eigenvalue weighted by molar-refractivity contribution is -0.136. The van der Waals surface area contributed by atoms with Crippen LogP contribution in [0.1, 0.15) is 20.3 Å². The van der Waals surface area contributed by atoms with Gasteiger partial charge < -0.3 is 10.0 Å². The molecule has 0 saturated heterocycles. The van der Waals surface area contributed by atoms with Crippen LogP contribution in [0.4, 0.5) is 5.13 Å². The average Bonchev–Trinajstić information content (AvgIpc) is 2.98. The number of anilines is 1. The first-order valence-corrected chi connectivity index (χ1v) is 7.81. The molecule has 0 aromatic carbocycles. The van der Waals surface area contributed by atoms with Gasteiger partial charge in [-0.1, -0.05) is 6.07 Å². The van der Waals surface area contributed by atoms with E-state index in [1.807, 2.05) is 41.6 Å². The fraction of sp³-hybridized carbons (Fsp3) is 0.385. The van der Waals surface area contributed by atoms with Gasteiger partial charge in [0.1, 0.15) is 0 Å². The van der Waals surface area contributed by atoms with Crippen molar-refractivity contribution in [3.63, 3.8) is 0 Å². The first kappa shape index (κ1) is 14.0. The average molecular weight is 296 g/mol. The summed E-state index contributed by atoms with van der Waals surface area (Å²) in [6.07, 6.45) is 0.131. The van der Waals surface area contributed by atoms with Crippen molar-refractivity contribution in [1.82, 2.24) is 4.98 Å². The monoisotopic (exact) mass is 296 g/mol. The maximum absolute atomic E-state index is 10.7. The number of thiophene rings is 1. The van der Waals surface area contributed by atoms with Crippen molar-refractivity contribution in [3.05, 3.63) is 22.9 Å². The third kappa shape index (κ3) is 3.54. The lowest BCUT2D eigenvalue weighted by atomic mass is 10.3. The first-order valence-electron chi connectivity index (χ1n) is 6.05. The molecule has 4 nitrogen and oxygen atoms in total. The van der Waals surface area contributed by atoms with Gasteiger partial charge >= 0.3 is 5.97 Å². The van der Waals surface area contributed by atoms with Crippen LogP contribution in [-0.2, 0) is 4.79 Å². The van der Waals surface area contributed by atoms with E-state index in [4.69, 9.17) is 5.11 Å². The van der Waals surface area contributed by atoms with E-state index in [0.717, 1.165) is 15.7 Å². The Morgan fingerprint density at radius 2 is 2.26 bits per heavy atom. The Balaban J connectivity index is 2.16. The fourth-order valence-electron chi connectivity index (χ4n) is 1.72. The Hall–Kier alpha value is -1.40. The molecule has 102 valence electrons. The Bertz CT molecular complexity index is 535. The summed E-state index contributed by atoms with van der Waals surface area (Å²) in [4.78, 5) is 18.5. The number of carboxylic acids is 1. The van der Waals surface area contributed by atoms with E-state index in [9.17, 15) is 4.79 Å². The molecule has 0 spiro atoms. The van der Waals surface area contributed by atoms with E-state index in [2.05, 4.69) is 4.98 Å². The molecule has 2 rings (SSSR count). The highest BCUT2D eigenvalue weighted by Crippen LogP contribution is 2.30. The van der Waals surface area contributed by atoms with Gasteiger partial charge in [-0.05, 0) is 25.3 Å². The first-order chi connectivity index (χ1) is 9.08. The minimum Gasteiger partial charge on any atom is -0.481 e. The number of hydrogen-bond acceptors (Lipinski definition) is 5. The van der Waals surface area contributed by atoms with E-state index < -0.39 is 5.97 Å². The van der Waals surface area contributed by atoms with Gasteiger partial charge in [0.05, 0.1) is 17.0 Å². The Morgan fingerprint density at radius 1 is 1.47 bits per heavy atom. The van der Waals surface area contributed by atoms with Crippen molar-refractivity contribution in [1.29, 1.82) is 0 Å². The summed E-state index contributed by atoms with van der Waals surface area (Å²) in [7, 11) is 0. The van der Waals surface area contributed by atoms with Crippen LogP contribution in [0.5, 0.6) is 0 Å². The molecule has 2 aromatic heterocycles. The predicted molar refractivity (Wildman–Crippen MR) is 80.2 cm³/mol. The van der Waals surface area contributed by atoms with Gasteiger partial charge in [-0.2, -0.15) is 0 Å². The fourth-order valence-corrected chi connectivity index (χ4v) is 3.47. The molecule has 2 aromatic rings. The van der Waals surface area contributed by atoms with E-state index >= 15 is 0 Å². The van der Waals surface area contributed by atoms with Crippen molar-refractivity contribution in [2.45, 2.75) is 26.3 Å². The molecule has 0 fully saturated rings. The second-order valence-corrected chi connectivity index (χ2v) is 6.21. The van der Waals surface area contributed by atoms with Gasteiger partial charge in [0.15, 0.2) is 5.13 Å². The van der Waals surface area contributed by atoms with Gasteiger partial charge in [-0.3, -0.25) is 4.79 Å². The number of aliphatic carboxylic acids is 1. The molecule has 0 atom stereocenters. The third-order valence-corrected chi connectivity index (χ3v) is 4.47. The molecule has 0 amide bonds. The smallest absolute Gasteiger partial charge is 0.305 e. The van der Waals surface area contributed by atoms with Crippen molar-refractivity contribution in [3.8, 4) is 10.6 Å². The summed E-state index contributed by atoms with van der Waals surface area (Å²) in [5.74, 6) is -0.777. The number of nitrogens with zero attached hydrogens (tertiary/aromatic N) is 2. The highest BCUT2D eigenvalue weighted by atomic mass is 32.1. The Morgan fingerprint density at radius 3 is 2.84 bits per heavy atom. The summed E-state index contributed by atoms with van der Waals surface area (Å²) in [5.41, 5.74) is 0.968. The third-order valence-electron chi connectivity index (χ3n) is 2.70. The van der Waals surface area contributed by atoms with Crippen molar-refractivity contribution >= 4 is 33.8 Å². The van der Waals surface area contributed by atoms with Crippen LogP contribution in [0, 0.1) is 0 Å². The standard InChI is InChI=1S/C13H16N2O2S2/c1-9(2)15(6-5-12(16)17)13-14-10(8-19-13)11-4-3-7-18-11/h3-4,7-9H,5-6H2,1-2H3,(H,16,17). The number of thiazole rings is 1. The van der Waals surface area contributed by atoms with Crippen LogP contribution in [0.3, 0.4) is 0 Å². The molecule has 2 heterocycles. The molecule has 0 aliphatic carbocycles. The molecule has 0 unspecified atom stereocenters. The summed E-state index contributed by atoms with van der Waals surface area (Å²) >= 11 is 3.22. The molecule has 0 aliphatic heterocycles. The molecule has 0 bridgehead atoms.